The molecule has 41 heavy (non-hydrogen) atoms. The van der Waals surface area contributed by atoms with Crippen LogP contribution < -0.4 is 18.9 Å². The van der Waals surface area contributed by atoms with E-state index in [-0.39, 0.29) is 17.1 Å². The number of hydrogen-bond donors (Lipinski definition) is 1. The first kappa shape index (κ1) is 29.7. The Labute approximate surface area is 241 Å². The summed E-state index contributed by atoms with van der Waals surface area (Å²) in [6.07, 6.45) is 7.98. The fourth-order valence-corrected chi connectivity index (χ4v) is 4.48. The lowest BCUT2D eigenvalue weighted by Gasteiger charge is -2.26. The summed E-state index contributed by atoms with van der Waals surface area (Å²) in [5.74, 6) is 1.97. The molecule has 1 saturated heterocycles. The number of aromatic hydroxyl groups is 1. The molecule has 216 valence electrons. The van der Waals surface area contributed by atoms with Gasteiger partial charge in [0.1, 0.15) is 28.7 Å². The fourth-order valence-electron chi connectivity index (χ4n) is 4.48. The molecule has 0 aliphatic carbocycles. The molecule has 4 rings (SSSR count). The highest BCUT2D eigenvalue weighted by molar-refractivity contribution is 6.09. The van der Waals surface area contributed by atoms with Crippen LogP contribution in [0.2, 0.25) is 0 Å². The topological polar surface area (TPSA) is 86.7 Å². The molecule has 1 N–H and O–H groups in total. The Morgan fingerprint density at radius 2 is 1.61 bits per heavy atom. The first-order valence-electron chi connectivity index (χ1n) is 13.6. The highest BCUT2D eigenvalue weighted by Crippen LogP contribution is 2.32. The lowest BCUT2D eigenvalue weighted by molar-refractivity contribution is 0.0358. The van der Waals surface area contributed by atoms with Gasteiger partial charge < -0.3 is 28.8 Å². The van der Waals surface area contributed by atoms with E-state index >= 15 is 0 Å². The Kier molecular flexibility index (Phi) is 10.8. The van der Waals surface area contributed by atoms with Gasteiger partial charge in [-0.2, -0.15) is 0 Å². The number of carbonyl (C=O) groups excluding carboxylic acids is 1. The van der Waals surface area contributed by atoms with Gasteiger partial charge in [-0.05, 0) is 60.0 Å². The van der Waals surface area contributed by atoms with Gasteiger partial charge in [0, 0.05) is 37.3 Å². The van der Waals surface area contributed by atoms with E-state index in [0.29, 0.717) is 29.4 Å². The van der Waals surface area contributed by atoms with Gasteiger partial charge in [-0.15, -0.1) is 0 Å². The first-order valence-corrected chi connectivity index (χ1v) is 13.6. The second-order valence-corrected chi connectivity index (χ2v) is 9.47. The van der Waals surface area contributed by atoms with Crippen molar-refractivity contribution in [2.75, 3.05) is 60.8 Å². The minimum Gasteiger partial charge on any atom is -0.507 e. The maximum absolute atomic E-state index is 12.9. The van der Waals surface area contributed by atoms with Crippen LogP contribution in [0.25, 0.3) is 18.2 Å². The summed E-state index contributed by atoms with van der Waals surface area (Å²) in [5.41, 5.74) is 2.66. The minimum atomic E-state index is -0.349. The standard InChI is InChI=1S/C33H37NO7/c1-37-27-11-12-30(32(36)22-27)31(35)14-13-29-25(21-28(38-2)23-33(29)39-3)8-5-24-6-9-26(10-7-24)41-18-4-15-34-16-19-40-20-17-34/h5-14,21-23,36H,4,15-20H2,1-3H3/b8-5+,14-13+. The van der Waals surface area contributed by atoms with Gasteiger partial charge in [-0.1, -0.05) is 24.3 Å². The molecule has 0 bridgehead atoms. The Morgan fingerprint density at radius 1 is 0.878 bits per heavy atom. The number of morpholine rings is 1. The number of nitrogens with zero attached hydrogens (tertiary/aromatic N) is 1. The van der Waals surface area contributed by atoms with E-state index in [1.165, 1.54) is 25.3 Å². The van der Waals surface area contributed by atoms with Crippen molar-refractivity contribution in [1.29, 1.82) is 0 Å². The second kappa shape index (κ2) is 14.9. The molecule has 3 aromatic carbocycles. The number of phenols is 1. The number of ketones is 1. The Hall–Kier alpha value is -4.27. The molecule has 0 saturated carbocycles. The lowest BCUT2D eigenvalue weighted by Crippen LogP contribution is -2.37. The molecule has 1 aliphatic heterocycles. The van der Waals surface area contributed by atoms with Crippen molar-refractivity contribution in [1.82, 2.24) is 4.90 Å². The van der Waals surface area contributed by atoms with Crippen molar-refractivity contribution < 1.29 is 33.6 Å². The van der Waals surface area contributed by atoms with Crippen molar-refractivity contribution in [3.8, 4) is 28.7 Å². The van der Waals surface area contributed by atoms with Crippen LogP contribution in [0.4, 0.5) is 0 Å². The van der Waals surface area contributed by atoms with E-state index in [4.69, 9.17) is 23.7 Å². The molecule has 0 aromatic heterocycles. The van der Waals surface area contributed by atoms with Gasteiger partial charge in [0.15, 0.2) is 5.78 Å². The summed E-state index contributed by atoms with van der Waals surface area (Å²) in [7, 11) is 4.65. The van der Waals surface area contributed by atoms with Crippen molar-refractivity contribution >= 4 is 24.0 Å². The Bertz CT molecular complexity index is 1360. The minimum absolute atomic E-state index is 0.148. The number of allylic oxidation sites excluding steroid dienone is 1. The molecule has 1 heterocycles. The Morgan fingerprint density at radius 3 is 2.29 bits per heavy atom. The van der Waals surface area contributed by atoms with Crippen LogP contribution in [-0.4, -0.2) is 76.6 Å². The summed E-state index contributed by atoms with van der Waals surface area (Å²) in [4.78, 5) is 15.3. The van der Waals surface area contributed by atoms with Crippen LogP contribution >= 0.6 is 0 Å². The van der Waals surface area contributed by atoms with E-state index in [0.717, 1.165) is 56.1 Å². The van der Waals surface area contributed by atoms with Gasteiger partial charge in [0.2, 0.25) is 0 Å². The normalized spacial score (nSPS) is 13.9. The van der Waals surface area contributed by atoms with E-state index in [2.05, 4.69) is 4.90 Å². The SMILES string of the molecule is COc1ccc(C(=O)/C=C/c2c(/C=C/c3ccc(OCCCN4CCOCC4)cc3)cc(OC)cc2OC)c(O)c1. The van der Waals surface area contributed by atoms with Gasteiger partial charge >= 0.3 is 0 Å². The molecule has 3 aromatic rings. The summed E-state index contributed by atoms with van der Waals surface area (Å²) in [6.45, 7) is 5.27. The summed E-state index contributed by atoms with van der Waals surface area (Å²) < 4.78 is 27.5. The van der Waals surface area contributed by atoms with Gasteiger partial charge in [0.25, 0.3) is 0 Å². The average Bonchev–Trinajstić information content (AvgIpc) is 3.01. The second-order valence-electron chi connectivity index (χ2n) is 9.47. The van der Waals surface area contributed by atoms with Crippen LogP contribution in [0, 0.1) is 0 Å². The highest BCUT2D eigenvalue weighted by Gasteiger charge is 2.13. The molecule has 0 amide bonds. The molecular formula is C33H37NO7. The van der Waals surface area contributed by atoms with Crippen LogP contribution in [0.3, 0.4) is 0 Å². The quantitative estimate of drug-likeness (QED) is 0.126. The third-order valence-electron chi connectivity index (χ3n) is 6.80. The number of carbonyl (C=O) groups is 1. The smallest absolute Gasteiger partial charge is 0.189 e. The zero-order valence-corrected chi connectivity index (χ0v) is 23.8. The van der Waals surface area contributed by atoms with Gasteiger partial charge in [0.05, 0.1) is 46.7 Å². The third-order valence-corrected chi connectivity index (χ3v) is 6.80. The van der Waals surface area contributed by atoms with E-state index < -0.39 is 0 Å². The van der Waals surface area contributed by atoms with Crippen molar-refractivity contribution in [3.63, 3.8) is 0 Å². The third kappa shape index (κ3) is 8.36. The van der Waals surface area contributed by atoms with Crippen LogP contribution in [0.1, 0.15) is 33.5 Å². The molecule has 8 nitrogen and oxygen atoms in total. The molecule has 1 fully saturated rings. The zero-order chi connectivity index (χ0) is 29.0. The number of phenolic OH excluding ortho intramolecular Hbond substituents is 1. The fraction of sp³-hybridized carbons (Fsp3) is 0.303. The summed E-state index contributed by atoms with van der Waals surface area (Å²) >= 11 is 0. The van der Waals surface area contributed by atoms with Crippen LogP contribution in [-0.2, 0) is 4.74 Å². The van der Waals surface area contributed by atoms with Crippen molar-refractivity contribution in [2.24, 2.45) is 0 Å². The molecule has 0 radical (unpaired) electrons. The average molecular weight is 560 g/mol. The summed E-state index contributed by atoms with van der Waals surface area (Å²) in [5, 5.41) is 10.3. The van der Waals surface area contributed by atoms with E-state index in [1.54, 1.807) is 32.4 Å². The zero-order valence-electron chi connectivity index (χ0n) is 23.8. The van der Waals surface area contributed by atoms with Crippen molar-refractivity contribution in [3.05, 3.63) is 82.9 Å². The Balaban J connectivity index is 1.45. The molecule has 0 unspecified atom stereocenters. The molecular weight excluding hydrogens is 522 g/mol. The maximum atomic E-state index is 12.9. The van der Waals surface area contributed by atoms with E-state index in [9.17, 15) is 9.90 Å². The highest BCUT2D eigenvalue weighted by atomic mass is 16.5. The number of methoxy groups -OCH3 is 3. The molecule has 0 spiro atoms. The summed E-state index contributed by atoms with van der Waals surface area (Å²) in [6, 6.07) is 16.1. The number of benzene rings is 3. The van der Waals surface area contributed by atoms with Gasteiger partial charge in [-0.3, -0.25) is 9.69 Å². The molecule has 8 heteroatoms. The van der Waals surface area contributed by atoms with E-state index in [1.807, 2.05) is 42.5 Å². The number of rotatable bonds is 13. The predicted octanol–water partition coefficient (Wildman–Crippen LogP) is 5.59. The maximum Gasteiger partial charge on any atom is 0.189 e. The predicted molar refractivity (Wildman–Crippen MR) is 160 cm³/mol. The largest absolute Gasteiger partial charge is 0.507 e. The monoisotopic (exact) mass is 559 g/mol. The number of ether oxygens (including phenoxy) is 5. The van der Waals surface area contributed by atoms with Crippen LogP contribution in [0.15, 0.2) is 60.7 Å². The molecule has 0 atom stereocenters. The van der Waals surface area contributed by atoms with Gasteiger partial charge in [-0.25, -0.2) is 0 Å². The molecule has 1 aliphatic rings. The van der Waals surface area contributed by atoms with Crippen LogP contribution in [0.5, 0.6) is 28.7 Å². The lowest BCUT2D eigenvalue weighted by atomic mass is 10.0. The number of hydrogen-bond acceptors (Lipinski definition) is 8. The van der Waals surface area contributed by atoms with Crippen molar-refractivity contribution in [2.45, 2.75) is 6.42 Å². The first-order chi connectivity index (χ1) is 20.0.